The van der Waals surface area contributed by atoms with Gasteiger partial charge in [0.05, 0.1) is 11.3 Å². The number of rotatable bonds is 0. The van der Waals surface area contributed by atoms with Crippen LogP contribution in [0.4, 0.5) is 5.69 Å². The number of hydrogen-bond donors (Lipinski definition) is 1. The maximum absolute atomic E-state index is 11.0. The molecule has 0 unspecified atom stereocenters. The highest BCUT2D eigenvalue weighted by atomic mass is 16.5. The monoisotopic (exact) mass is 188 g/mol. The largest absolute Gasteiger partial charge is 0.480 e. The van der Waals surface area contributed by atoms with Crippen molar-refractivity contribution in [2.24, 2.45) is 0 Å². The Labute approximate surface area is 81.1 Å². The Morgan fingerprint density at radius 3 is 3.07 bits per heavy atom. The summed E-state index contributed by atoms with van der Waals surface area (Å²) in [5, 5.41) is 11.5. The van der Waals surface area contributed by atoms with Gasteiger partial charge in [0.25, 0.3) is 5.91 Å². The SMILES string of the molecule is Cc1cc(C#N)c2c(c1)NC(=O)CO2. The highest BCUT2D eigenvalue weighted by Gasteiger charge is 2.19. The second kappa shape index (κ2) is 3.04. The molecular formula is C10H8N2O2. The topological polar surface area (TPSA) is 62.1 Å². The Hall–Kier alpha value is -2.02. The minimum atomic E-state index is -0.188. The van der Waals surface area contributed by atoms with Crippen molar-refractivity contribution in [2.75, 3.05) is 11.9 Å². The molecular weight excluding hydrogens is 180 g/mol. The molecule has 0 saturated heterocycles. The second-order valence-electron chi connectivity index (χ2n) is 3.14. The Kier molecular flexibility index (Phi) is 1.86. The number of benzene rings is 1. The summed E-state index contributed by atoms with van der Waals surface area (Å²) in [5.74, 6) is 0.282. The van der Waals surface area contributed by atoms with Crippen molar-refractivity contribution < 1.29 is 9.53 Å². The first-order valence-electron chi connectivity index (χ1n) is 4.18. The van der Waals surface area contributed by atoms with Crippen LogP contribution in [0.2, 0.25) is 0 Å². The van der Waals surface area contributed by atoms with E-state index in [4.69, 9.17) is 10.00 Å². The Bertz CT molecular complexity index is 446. The molecule has 1 aromatic carbocycles. The summed E-state index contributed by atoms with van der Waals surface area (Å²) in [4.78, 5) is 11.0. The van der Waals surface area contributed by atoms with Gasteiger partial charge in [-0.1, -0.05) is 0 Å². The zero-order valence-corrected chi connectivity index (χ0v) is 7.63. The van der Waals surface area contributed by atoms with Crippen LogP contribution in [-0.2, 0) is 4.79 Å². The smallest absolute Gasteiger partial charge is 0.262 e. The molecule has 70 valence electrons. The van der Waals surface area contributed by atoms with Crippen LogP contribution < -0.4 is 10.1 Å². The molecule has 0 radical (unpaired) electrons. The third kappa shape index (κ3) is 1.29. The second-order valence-corrected chi connectivity index (χ2v) is 3.14. The van der Waals surface area contributed by atoms with Crippen LogP contribution in [-0.4, -0.2) is 12.5 Å². The maximum Gasteiger partial charge on any atom is 0.262 e. The average Bonchev–Trinajstić information content (AvgIpc) is 2.15. The fourth-order valence-electron chi connectivity index (χ4n) is 1.43. The molecule has 4 heteroatoms. The van der Waals surface area contributed by atoms with E-state index >= 15 is 0 Å². The molecule has 0 spiro atoms. The van der Waals surface area contributed by atoms with E-state index in [0.29, 0.717) is 17.0 Å². The van der Waals surface area contributed by atoms with E-state index in [2.05, 4.69) is 5.32 Å². The van der Waals surface area contributed by atoms with Crippen LogP contribution in [0.5, 0.6) is 5.75 Å². The molecule has 1 aliphatic rings. The van der Waals surface area contributed by atoms with Gasteiger partial charge in [0.2, 0.25) is 0 Å². The molecule has 0 saturated carbocycles. The van der Waals surface area contributed by atoms with Crippen molar-refractivity contribution in [2.45, 2.75) is 6.92 Å². The van der Waals surface area contributed by atoms with Gasteiger partial charge in [-0.05, 0) is 24.6 Å². The molecule has 1 N–H and O–H groups in total. The Balaban J connectivity index is 2.58. The lowest BCUT2D eigenvalue weighted by molar-refractivity contribution is -0.118. The molecule has 0 aliphatic carbocycles. The van der Waals surface area contributed by atoms with Gasteiger partial charge in [-0.3, -0.25) is 4.79 Å². The normalized spacial score (nSPS) is 13.6. The van der Waals surface area contributed by atoms with Gasteiger partial charge in [-0.15, -0.1) is 0 Å². The van der Waals surface area contributed by atoms with E-state index in [9.17, 15) is 4.79 Å². The van der Waals surface area contributed by atoms with Crippen molar-refractivity contribution in [3.05, 3.63) is 23.3 Å². The van der Waals surface area contributed by atoms with Gasteiger partial charge in [0, 0.05) is 0 Å². The first-order chi connectivity index (χ1) is 6.70. The lowest BCUT2D eigenvalue weighted by Crippen LogP contribution is -2.25. The van der Waals surface area contributed by atoms with Gasteiger partial charge in [0.15, 0.2) is 12.4 Å². The standard InChI is InChI=1S/C10H8N2O2/c1-6-2-7(4-11)10-8(3-6)12-9(13)5-14-10/h2-3H,5H2,1H3,(H,12,13). The van der Waals surface area contributed by atoms with E-state index in [-0.39, 0.29) is 12.5 Å². The van der Waals surface area contributed by atoms with Crippen LogP contribution in [0, 0.1) is 18.3 Å². The lowest BCUT2D eigenvalue weighted by atomic mass is 10.1. The van der Waals surface area contributed by atoms with Crippen molar-refractivity contribution >= 4 is 11.6 Å². The maximum atomic E-state index is 11.0. The number of amides is 1. The number of nitrogens with one attached hydrogen (secondary N) is 1. The number of carbonyl (C=O) groups is 1. The minimum absolute atomic E-state index is 0.0231. The molecule has 1 amide bonds. The van der Waals surface area contributed by atoms with Crippen molar-refractivity contribution in [3.63, 3.8) is 0 Å². The summed E-state index contributed by atoms with van der Waals surface area (Å²) in [6.45, 7) is 1.84. The van der Waals surface area contributed by atoms with Crippen molar-refractivity contribution in [1.29, 1.82) is 5.26 Å². The number of nitrogens with zero attached hydrogens (tertiary/aromatic N) is 1. The minimum Gasteiger partial charge on any atom is -0.480 e. The third-order valence-corrected chi connectivity index (χ3v) is 1.98. The molecule has 1 aliphatic heterocycles. The van der Waals surface area contributed by atoms with Crippen molar-refractivity contribution in [1.82, 2.24) is 0 Å². The molecule has 0 bridgehead atoms. The fourth-order valence-corrected chi connectivity index (χ4v) is 1.43. The number of carbonyl (C=O) groups excluding carboxylic acids is 1. The summed E-state index contributed by atoms with van der Waals surface area (Å²) in [6, 6.07) is 5.55. The first-order valence-corrected chi connectivity index (χ1v) is 4.18. The highest BCUT2D eigenvalue weighted by molar-refractivity contribution is 5.96. The van der Waals surface area contributed by atoms with E-state index in [1.54, 1.807) is 12.1 Å². The summed E-state index contributed by atoms with van der Waals surface area (Å²) in [5.41, 5.74) is 1.96. The van der Waals surface area contributed by atoms with Gasteiger partial charge >= 0.3 is 0 Å². The van der Waals surface area contributed by atoms with Crippen LogP contribution in [0.3, 0.4) is 0 Å². The Morgan fingerprint density at radius 1 is 1.57 bits per heavy atom. The van der Waals surface area contributed by atoms with Crippen LogP contribution in [0.15, 0.2) is 12.1 Å². The van der Waals surface area contributed by atoms with Gasteiger partial charge < -0.3 is 10.1 Å². The van der Waals surface area contributed by atoms with Gasteiger partial charge in [-0.2, -0.15) is 5.26 Å². The molecule has 14 heavy (non-hydrogen) atoms. The molecule has 0 fully saturated rings. The predicted octanol–water partition coefficient (Wildman–Crippen LogP) is 1.20. The quantitative estimate of drug-likeness (QED) is 0.665. The number of hydrogen-bond acceptors (Lipinski definition) is 3. The zero-order chi connectivity index (χ0) is 10.1. The van der Waals surface area contributed by atoms with E-state index in [0.717, 1.165) is 5.56 Å². The molecule has 1 heterocycles. The Morgan fingerprint density at radius 2 is 2.36 bits per heavy atom. The van der Waals surface area contributed by atoms with Crippen LogP contribution in [0.1, 0.15) is 11.1 Å². The first kappa shape index (κ1) is 8.57. The summed E-state index contributed by atoms with van der Waals surface area (Å²) < 4.78 is 5.18. The van der Waals surface area contributed by atoms with Crippen LogP contribution >= 0.6 is 0 Å². The fraction of sp³-hybridized carbons (Fsp3) is 0.200. The highest BCUT2D eigenvalue weighted by Crippen LogP contribution is 2.32. The molecule has 0 aromatic heterocycles. The molecule has 1 aromatic rings. The van der Waals surface area contributed by atoms with E-state index in [1.807, 2.05) is 13.0 Å². The molecule has 4 nitrogen and oxygen atoms in total. The predicted molar refractivity (Wildman–Crippen MR) is 50.0 cm³/mol. The van der Waals surface area contributed by atoms with Gasteiger partial charge in [0.1, 0.15) is 6.07 Å². The number of nitriles is 1. The summed E-state index contributed by atoms with van der Waals surface area (Å²) >= 11 is 0. The molecule has 0 atom stereocenters. The summed E-state index contributed by atoms with van der Waals surface area (Å²) in [7, 11) is 0. The van der Waals surface area contributed by atoms with E-state index < -0.39 is 0 Å². The van der Waals surface area contributed by atoms with Crippen LogP contribution in [0.25, 0.3) is 0 Å². The number of aryl methyl sites for hydroxylation is 1. The molecule has 2 rings (SSSR count). The van der Waals surface area contributed by atoms with Crippen molar-refractivity contribution in [3.8, 4) is 11.8 Å². The summed E-state index contributed by atoms with van der Waals surface area (Å²) in [6.07, 6.45) is 0. The number of fused-ring (bicyclic) bond motifs is 1. The number of ether oxygens (including phenoxy) is 1. The average molecular weight is 188 g/mol. The van der Waals surface area contributed by atoms with E-state index in [1.165, 1.54) is 0 Å². The third-order valence-electron chi connectivity index (χ3n) is 1.98. The van der Waals surface area contributed by atoms with Gasteiger partial charge in [-0.25, -0.2) is 0 Å². The zero-order valence-electron chi connectivity index (χ0n) is 7.63. The number of anilines is 1. The lowest BCUT2D eigenvalue weighted by Gasteiger charge is -2.19.